The molecule has 2 rings (SSSR count). The van der Waals surface area contributed by atoms with Crippen molar-refractivity contribution in [1.29, 1.82) is 0 Å². The molecule has 1 aromatic heterocycles. The molecule has 1 aliphatic heterocycles. The normalized spacial score (nSPS) is 36.5. The van der Waals surface area contributed by atoms with Crippen LogP contribution in [-0.4, -0.2) is 22.3 Å². The zero-order valence-electron chi connectivity index (χ0n) is 9.18. The highest BCUT2D eigenvalue weighted by atomic mass is 16.5. The van der Waals surface area contributed by atoms with Gasteiger partial charge in [0, 0.05) is 30.8 Å². The molecule has 0 bridgehead atoms. The Morgan fingerprint density at radius 3 is 2.60 bits per heavy atom. The lowest BCUT2D eigenvalue weighted by molar-refractivity contribution is -0.135. The van der Waals surface area contributed by atoms with Gasteiger partial charge in [-0.05, 0) is 19.9 Å². The van der Waals surface area contributed by atoms with E-state index in [2.05, 4.69) is 4.98 Å². The van der Waals surface area contributed by atoms with Gasteiger partial charge in [0.25, 0.3) is 0 Å². The molecule has 0 aromatic carbocycles. The number of rotatable bonds is 1. The van der Waals surface area contributed by atoms with Crippen molar-refractivity contribution < 1.29 is 9.84 Å². The maximum Gasteiger partial charge on any atom is 0.0960 e. The van der Waals surface area contributed by atoms with E-state index in [1.165, 1.54) is 0 Å². The Kier molecular flexibility index (Phi) is 2.76. The van der Waals surface area contributed by atoms with Crippen molar-refractivity contribution in [2.75, 3.05) is 0 Å². The monoisotopic (exact) mass is 207 g/mol. The van der Waals surface area contributed by atoms with E-state index in [9.17, 15) is 5.11 Å². The third kappa shape index (κ3) is 2.19. The average molecular weight is 207 g/mol. The zero-order chi connectivity index (χ0) is 10.9. The van der Waals surface area contributed by atoms with Gasteiger partial charge in [-0.1, -0.05) is 6.07 Å². The van der Waals surface area contributed by atoms with Crippen LogP contribution in [0.25, 0.3) is 0 Å². The van der Waals surface area contributed by atoms with Gasteiger partial charge in [0.1, 0.15) is 0 Å². The third-order valence-corrected chi connectivity index (χ3v) is 2.91. The lowest BCUT2D eigenvalue weighted by atomic mass is 9.82. The number of aliphatic hydroxyl groups is 1. The molecule has 2 atom stereocenters. The van der Waals surface area contributed by atoms with Crippen molar-refractivity contribution in [3.8, 4) is 0 Å². The summed E-state index contributed by atoms with van der Waals surface area (Å²) in [5, 5.41) is 10.6. The van der Waals surface area contributed by atoms with E-state index >= 15 is 0 Å². The van der Waals surface area contributed by atoms with E-state index in [0.29, 0.717) is 12.8 Å². The van der Waals surface area contributed by atoms with Gasteiger partial charge in [-0.25, -0.2) is 0 Å². The Morgan fingerprint density at radius 1 is 1.40 bits per heavy atom. The number of pyridine rings is 1. The Hall–Kier alpha value is -0.930. The summed E-state index contributed by atoms with van der Waals surface area (Å²) < 4.78 is 5.62. The van der Waals surface area contributed by atoms with E-state index in [4.69, 9.17) is 4.74 Å². The van der Waals surface area contributed by atoms with Crippen LogP contribution in [0.15, 0.2) is 24.5 Å². The maximum atomic E-state index is 10.6. The Morgan fingerprint density at radius 2 is 2.07 bits per heavy atom. The number of hydrogen-bond acceptors (Lipinski definition) is 3. The fourth-order valence-electron chi connectivity index (χ4n) is 2.40. The molecule has 3 nitrogen and oxygen atoms in total. The Balaban J connectivity index is 2.26. The fraction of sp³-hybridized carbons (Fsp3) is 0.583. The molecule has 2 heterocycles. The summed E-state index contributed by atoms with van der Waals surface area (Å²) in [6, 6.07) is 3.79. The largest absolute Gasteiger partial charge is 0.385 e. The first-order valence-electron chi connectivity index (χ1n) is 5.38. The van der Waals surface area contributed by atoms with Crippen LogP contribution in [-0.2, 0) is 10.3 Å². The van der Waals surface area contributed by atoms with Crippen molar-refractivity contribution >= 4 is 0 Å². The Labute approximate surface area is 90.1 Å². The van der Waals surface area contributed by atoms with Crippen molar-refractivity contribution in [3.63, 3.8) is 0 Å². The van der Waals surface area contributed by atoms with Gasteiger partial charge in [-0.15, -0.1) is 0 Å². The van der Waals surface area contributed by atoms with Gasteiger partial charge in [0.2, 0.25) is 0 Å². The maximum absolute atomic E-state index is 10.6. The molecular formula is C12H17NO2. The summed E-state index contributed by atoms with van der Waals surface area (Å²) in [6.45, 7) is 3.99. The standard InChI is InChI=1S/C12H17NO2/c1-9-6-12(14,7-10(2)15-9)11-4-3-5-13-8-11/h3-5,8-10,14H,6-7H2,1-2H3. The molecule has 0 radical (unpaired) electrons. The van der Waals surface area contributed by atoms with Gasteiger partial charge in [-0.3, -0.25) is 4.98 Å². The van der Waals surface area contributed by atoms with Crippen molar-refractivity contribution in [1.82, 2.24) is 4.98 Å². The van der Waals surface area contributed by atoms with E-state index < -0.39 is 5.60 Å². The van der Waals surface area contributed by atoms with Gasteiger partial charge in [-0.2, -0.15) is 0 Å². The number of ether oxygens (including phenoxy) is 1. The molecule has 3 heteroatoms. The number of aromatic nitrogens is 1. The first kappa shape index (κ1) is 10.6. The lowest BCUT2D eigenvalue weighted by Crippen LogP contribution is -2.41. The van der Waals surface area contributed by atoms with E-state index in [-0.39, 0.29) is 12.2 Å². The first-order chi connectivity index (χ1) is 7.10. The molecule has 15 heavy (non-hydrogen) atoms. The quantitative estimate of drug-likeness (QED) is 0.764. The molecule has 2 unspecified atom stereocenters. The van der Waals surface area contributed by atoms with Crippen LogP contribution in [0.5, 0.6) is 0 Å². The number of hydrogen-bond donors (Lipinski definition) is 1. The van der Waals surface area contributed by atoms with Crippen molar-refractivity contribution in [2.24, 2.45) is 0 Å². The molecule has 0 spiro atoms. The minimum atomic E-state index is -0.772. The van der Waals surface area contributed by atoms with Crippen LogP contribution in [0, 0.1) is 0 Å². The van der Waals surface area contributed by atoms with Crippen molar-refractivity contribution in [2.45, 2.75) is 44.5 Å². The predicted molar refractivity (Wildman–Crippen MR) is 57.4 cm³/mol. The molecule has 82 valence electrons. The van der Waals surface area contributed by atoms with E-state index in [1.807, 2.05) is 26.0 Å². The molecule has 0 aliphatic carbocycles. The molecule has 0 saturated carbocycles. The van der Waals surface area contributed by atoms with Crippen LogP contribution in [0.4, 0.5) is 0 Å². The summed E-state index contributed by atoms with van der Waals surface area (Å²) in [6.07, 6.45) is 4.94. The summed E-state index contributed by atoms with van der Waals surface area (Å²) >= 11 is 0. The summed E-state index contributed by atoms with van der Waals surface area (Å²) in [4.78, 5) is 4.05. The minimum Gasteiger partial charge on any atom is -0.385 e. The Bertz CT molecular complexity index is 316. The molecule has 1 aromatic rings. The second-order valence-corrected chi connectivity index (χ2v) is 4.44. The topological polar surface area (TPSA) is 42.4 Å². The average Bonchev–Trinajstić information content (AvgIpc) is 2.17. The zero-order valence-corrected chi connectivity index (χ0v) is 9.18. The second-order valence-electron chi connectivity index (χ2n) is 4.44. The van der Waals surface area contributed by atoms with Crippen LogP contribution >= 0.6 is 0 Å². The van der Waals surface area contributed by atoms with Gasteiger partial charge in [0.15, 0.2) is 0 Å². The van der Waals surface area contributed by atoms with Crippen LogP contribution < -0.4 is 0 Å². The highest BCUT2D eigenvalue weighted by Gasteiger charge is 2.38. The molecular weight excluding hydrogens is 190 g/mol. The second kappa shape index (κ2) is 3.91. The molecule has 1 saturated heterocycles. The molecule has 1 aliphatic rings. The first-order valence-corrected chi connectivity index (χ1v) is 5.38. The molecule has 1 fully saturated rings. The van der Waals surface area contributed by atoms with Crippen LogP contribution in [0.1, 0.15) is 32.3 Å². The third-order valence-electron chi connectivity index (χ3n) is 2.91. The minimum absolute atomic E-state index is 0.0963. The lowest BCUT2D eigenvalue weighted by Gasteiger charge is -2.39. The van der Waals surface area contributed by atoms with Crippen LogP contribution in [0.3, 0.4) is 0 Å². The van der Waals surface area contributed by atoms with Crippen LogP contribution in [0.2, 0.25) is 0 Å². The van der Waals surface area contributed by atoms with E-state index in [1.54, 1.807) is 12.4 Å². The fourth-order valence-corrected chi connectivity index (χ4v) is 2.40. The van der Waals surface area contributed by atoms with Gasteiger partial charge in [0.05, 0.1) is 17.8 Å². The smallest absolute Gasteiger partial charge is 0.0960 e. The molecule has 0 amide bonds. The SMILES string of the molecule is CC1CC(O)(c2cccnc2)CC(C)O1. The summed E-state index contributed by atoms with van der Waals surface area (Å²) in [7, 11) is 0. The van der Waals surface area contributed by atoms with E-state index in [0.717, 1.165) is 5.56 Å². The predicted octanol–water partition coefficient (Wildman–Crippen LogP) is 1.86. The van der Waals surface area contributed by atoms with Gasteiger partial charge < -0.3 is 9.84 Å². The summed E-state index contributed by atoms with van der Waals surface area (Å²) in [5.41, 5.74) is 0.123. The highest BCUT2D eigenvalue weighted by Crippen LogP contribution is 2.36. The summed E-state index contributed by atoms with van der Waals surface area (Å²) in [5.74, 6) is 0. The van der Waals surface area contributed by atoms with Crippen molar-refractivity contribution in [3.05, 3.63) is 30.1 Å². The highest BCUT2D eigenvalue weighted by molar-refractivity contribution is 5.19. The van der Waals surface area contributed by atoms with Gasteiger partial charge >= 0.3 is 0 Å². The molecule has 1 N–H and O–H groups in total. The number of nitrogens with zero attached hydrogens (tertiary/aromatic N) is 1.